The average molecular weight is 272 g/mol. The maximum atomic E-state index is 5.57. The highest BCUT2D eigenvalue weighted by atomic mass is 16.5. The van der Waals surface area contributed by atoms with Gasteiger partial charge >= 0.3 is 0 Å². The molecule has 0 saturated carbocycles. The highest BCUT2D eigenvalue weighted by molar-refractivity contribution is 5.26. The third-order valence-electron chi connectivity index (χ3n) is 2.63. The Morgan fingerprint density at radius 3 is 2.10 bits per heavy atom. The van der Waals surface area contributed by atoms with E-state index in [1.54, 1.807) is 0 Å². The molecule has 0 fully saturated rings. The van der Waals surface area contributed by atoms with Gasteiger partial charge in [0.1, 0.15) is 12.4 Å². The molecule has 0 aliphatic heterocycles. The Labute approximate surface area is 122 Å². The SMILES string of the molecule is CC.Cc1ccc(OCCOCc2ccccc2)cc1. The first-order chi connectivity index (χ1) is 9.84. The molecule has 0 aliphatic carbocycles. The van der Waals surface area contributed by atoms with E-state index >= 15 is 0 Å². The molecule has 0 N–H and O–H groups in total. The molecule has 0 radical (unpaired) electrons. The molecule has 2 aromatic rings. The van der Waals surface area contributed by atoms with Crippen LogP contribution in [0, 0.1) is 6.92 Å². The van der Waals surface area contributed by atoms with Crippen LogP contribution in [0.15, 0.2) is 54.6 Å². The van der Waals surface area contributed by atoms with Crippen molar-refractivity contribution in [2.45, 2.75) is 27.4 Å². The van der Waals surface area contributed by atoms with E-state index in [1.165, 1.54) is 11.1 Å². The van der Waals surface area contributed by atoms with E-state index in [2.05, 4.69) is 19.1 Å². The smallest absolute Gasteiger partial charge is 0.119 e. The fourth-order valence-corrected chi connectivity index (χ4v) is 1.62. The molecule has 20 heavy (non-hydrogen) atoms. The molecule has 0 aromatic heterocycles. The summed E-state index contributed by atoms with van der Waals surface area (Å²) in [4.78, 5) is 0. The van der Waals surface area contributed by atoms with E-state index in [1.807, 2.05) is 56.3 Å². The van der Waals surface area contributed by atoms with Crippen LogP contribution in [0.2, 0.25) is 0 Å². The van der Waals surface area contributed by atoms with Gasteiger partial charge in [-0.05, 0) is 24.6 Å². The van der Waals surface area contributed by atoms with Crippen molar-refractivity contribution in [2.75, 3.05) is 13.2 Å². The van der Waals surface area contributed by atoms with Crippen LogP contribution in [0.25, 0.3) is 0 Å². The highest BCUT2D eigenvalue weighted by Crippen LogP contribution is 2.11. The second-order valence-electron chi connectivity index (χ2n) is 4.20. The van der Waals surface area contributed by atoms with Crippen molar-refractivity contribution in [3.05, 3.63) is 65.7 Å². The molecule has 0 aliphatic rings. The molecule has 0 spiro atoms. The average Bonchev–Trinajstić information content (AvgIpc) is 2.52. The van der Waals surface area contributed by atoms with Gasteiger partial charge in [-0.15, -0.1) is 0 Å². The van der Waals surface area contributed by atoms with E-state index in [0.717, 1.165) is 5.75 Å². The predicted molar refractivity (Wildman–Crippen MR) is 84.1 cm³/mol. The Morgan fingerprint density at radius 1 is 0.800 bits per heavy atom. The van der Waals surface area contributed by atoms with Crippen molar-refractivity contribution in [1.82, 2.24) is 0 Å². The number of hydrogen-bond acceptors (Lipinski definition) is 2. The first-order valence-corrected chi connectivity index (χ1v) is 7.16. The molecule has 0 atom stereocenters. The predicted octanol–water partition coefficient (Wildman–Crippen LogP) is 4.62. The third kappa shape index (κ3) is 6.39. The zero-order chi connectivity index (χ0) is 14.6. The molecular weight excluding hydrogens is 248 g/mol. The van der Waals surface area contributed by atoms with Crippen LogP contribution in [-0.2, 0) is 11.3 Å². The molecule has 2 heteroatoms. The Kier molecular flexibility index (Phi) is 8.16. The monoisotopic (exact) mass is 272 g/mol. The van der Waals surface area contributed by atoms with Crippen LogP contribution in [0.5, 0.6) is 5.75 Å². The lowest BCUT2D eigenvalue weighted by atomic mass is 10.2. The van der Waals surface area contributed by atoms with E-state index in [9.17, 15) is 0 Å². The molecule has 2 nitrogen and oxygen atoms in total. The molecule has 0 bridgehead atoms. The normalized spacial score (nSPS) is 9.55. The maximum absolute atomic E-state index is 5.57. The van der Waals surface area contributed by atoms with Crippen LogP contribution in [0.1, 0.15) is 25.0 Å². The molecule has 0 heterocycles. The van der Waals surface area contributed by atoms with Crippen LogP contribution in [0.4, 0.5) is 0 Å². The standard InChI is InChI=1S/C16H18O2.C2H6/c1-14-7-9-16(10-8-14)18-12-11-17-13-15-5-3-2-4-6-15;1-2/h2-10H,11-13H2,1H3;1-2H3. The fraction of sp³-hybridized carbons (Fsp3) is 0.333. The summed E-state index contributed by atoms with van der Waals surface area (Å²) in [5.41, 5.74) is 2.43. The van der Waals surface area contributed by atoms with Crippen LogP contribution in [0.3, 0.4) is 0 Å². The fourth-order valence-electron chi connectivity index (χ4n) is 1.62. The molecule has 2 aromatic carbocycles. The van der Waals surface area contributed by atoms with Gasteiger partial charge in [-0.25, -0.2) is 0 Å². The summed E-state index contributed by atoms with van der Waals surface area (Å²) >= 11 is 0. The largest absolute Gasteiger partial charge is 0.491 e. The van der Waals surface area contributed by atoms with Gasteiger partial charge in [0, 0.05) is 0 Å². The van der Waals surface area contributed by atoms with Gasteiger partial charge in [0.25, 0.3) is 0 Å². The van der Waals surface area contributed by atoms with Crippen molar-refractivity contribution in [2.24, 2.45) is 0 Å². The lowest BCUT2D eigenvalue weighted by molar-refractivity contribution is 0.0889. The topological polar surface area (TPSA) is 18.5 Å². The number of ether oxygens (including phenoxy) is 2. The van der Waals surface area contributed by atoms with E-state index in [0.29, 0.717) is 19.8 Å². The van der Waals surface area contributed by atoms with Crippen molar-refractivity contribution < 1.29 is 9.47 Å². The lowest BCUT2D eigenvalue weighted by Crippen LogP contribution is -2.06. The third-order valence-corrected chi connectivity index (χ3v) is 2.63. The zero-order valence-corrected chi connectivity index (χ0v) is 12.6. The quantitative estimate of drug-likeness (QED) is 0.714. The number of rotatable bonds is 6. The summed E-state index contributed by atoms with van der Waals surface area (Å²) in [5.74, 6) is 0.893. The highest BCUT2D eigenvalue weighted by Gasteiger charge is 1.94. The van der Waals surface area contributed by atoms with Gasteiger partial charge in [-0.3, -0.25) is 0 Å². The first kappa shape index (κ1) is 16.3. The molecule has 0 saturated heterocycles. The zero-order valence-electron chi connectivity index (χ0n) is 12.6. The van der Waals surface area contributed by atoms with Gasteiger partial charge in [0.05, 0.1) is 13.2 Å². The first-order valence-electron chi connectivity index (χ1n) is 7.16. The summed E-state index contributed by atoms with van der Waals surface area (Å²) in [6, 6.07) is 18.2. The number of benzene rings is 2. The maximum Gasteiger partial charge on any atom is 0.119 e. The summed E-state index contributed by atoms with van der Waals surface area (Å²) in [5, 5.41) is 0. The molecular formula is C18H24O2. The number of hydrogen-bond donors (Lipinski definition) is 0. The molecule has 2 rings (SSSR count). The Morgan fingerprint density at radius 2 is 1.45 bits per heavy atom. The molecule has 0 unspecified atom stereocenters. The van der Waals surface area contributed by atoms with Crippen molar-refractivity contribution in [3.8, 4) is 5.75 Å². The van der Waals surface area contributed by atoms with Gasteiger partial charge in [0.2, 0.25) is 0 Å². The lowest BCUT2D eigenvalue weighted by Gasteiger charge is -2.07. The van der Waals surface area contributed by atoms with E-state index in [-0.39, 0.29) is 0 Å². The summed E-state index contributed by atoms with van der Waals surface area (Å²) in [6.45, 7) is 7.88. The molecule has 0 amide bonds. The summed E-state index contributed by atoms with van der Waals surface area (Å²) in [6.07, 6.45) is 0. The van der Waals surface area contributed by atoms with E-state index in [4.69, 9.17) is 9.47 Å². The second kappa shape index (κ2) is 10.0. The van der Waals surface area contributed by atoms with E-state index < -0.39 is 0 Å². The Balaban J connectivity index is 0.000000956. The summed E-state index contributed by atoms with van der Waals surface area (Å²) in [7, 11) is 0. The van der Waals surface area contributed by atoms with Crippen molar-refractivity contribution in [3.63, 3.8) is 0 Å². The van der Waals surface area contributed by atoms with Gasteiger partial charge in [-0.2, -0.15) is 0 Å². The molecule has 108 valence electrons. The minimum atomic E-state index is 0.579. The number of aryl methyl sites for hydroxylation is 1. The minimum absolute atomic E-state index is 0.579. The van der Waals surface area contributed by atoms with Crippen LogP contribution >= 0.6 is 0 Å². The van der Waals surface area contributed by atoms with Crippen LogP contribution < -0.4 is 4.74 Å². The Bertz CT molecular complexity index is 449. The Hall–Kier alpha value is -1.80. The van der Waals surface area contributed by atoms with Crippen LogP contribution in [-0.4, -0.2) is 13.2 Å². The van der Waals surface area contributed by atoms with Crippen molar-refractivity contribution >= 4 is 0 Å². The van der Waals surface area contributed by atoms with Crippen molar-refractivity contribution in [1.29, 1.82) is 0 Å². The summed E-state index contributed by atoms with van der Waals surface area (Å²) < 4.78 is 11.1. The van der Waals surface area contributed by atoms with Gasteiger partial charge in [-0.1, -0.05) is 61.9 Å². The van der Waals surface area contributed by atoms with Gasteiger partial charge in [0.15, 0.2) is 0 Å². The van der Waals surface area contributed by atoms with Gasteiger partial charge < -0.3 is 9.47 Å². The minimum Gasteiger partial charge on any atom is -0.491 e. The second-order valence-corrected chi connectivity index (χ2v) is 4.20.